The maximum Gasteiger partial charge on any atom is 0.235 e. The normalized spacial score (nSPS) is 19.5. The molecule has 0 aliphatic carbocycles. The average Bonchev–Trinajstić information content (AvgIpc) is 2.46. The van der Waals surface area contributed by atoms with Crippen LogP contribution >= 0.6 is 15.9 Å². The van der Waals surface area contributed by atoms with E-state index < -0.39 is 10.0 Å². The topological polar surface area (TPSA) is 37.4 Å². The highest BCUT2D eigenvalue weighted by molar-refractivity contribution is 9.10. The van der Waals surface area contributed by atoms with Crippen molar-refractivity contribution in [2.45, 2.75) is 6.42 Å². The van der Waals surface area contributed by atoms with Gasteiger partial charge in [0, 0.05) is 11.0 Å². The van der Waals surface area contributed by atoms with Crippen LogP contribution in [0.3, 0.4) is 0 Å². The average molecular weight is 294 g/mol. The molecular weight excluding hydrogens is 285 g/mol. The van der Waals surface area contributed by atoms with Crippen molar-refractivity contribution in [3.63, 3.8) is 0 Å². The molecule has 0 aromatic heterocycles. The number of benzene rings is 1. The van der Waals surface area contributed by atoms with Crippen LogP contribution in [0.4, 0.5) is 10.1 Å². The molecule has 0 unspecified atom stereocenters. The minimum absolute atomic E-state index is 0.164. The van der Waals surface area contributed by atoms with Crippen molar-refractivity contribution >= 4 is 31.6 Å². The van der Waals surface area contributed by atoms with Gasteiger partial charge in [-0.2, -0.15) is 0 Å². The number of hydrogen-bond donors (Lipinski definition) is 0. The van der Waals surface area contributed by atoms with Crippen molar-refractivity contribution in [2.24, 2.45) is 0 Å². The molecule has 0 radical (unpaired) electrons. The summed E-state index contributed by atoms with van der Waals surface area (Å²) in [5, 5.41) is 0. The number of halogens is 2. The monoisotopic (exact) mass is 293 g/mol. The Hall–Kier alpha value is -0.620. The fourth-order valence-electron chi connectivity index (χ4n) is 1.59. The lowest BCUT2D eigenvalue weighted by molar-refractivity contribution is 0.599. The summed E-state index contributed by atoms with van der Waals surface area (Å²) >= 11 is 3.16. The van der Waals surface area contributed by atoms with Crippen LogP contribution in [0.15, 0.2) is 22.7 Å². The predicted molar refractivity (Wildman–Crippen MR) is 59.8 cm³/mol. The first-order chi connectivity index (χ1) is 7.00. The highest BCUT2D eigenvalue weighted by atomic mass is 79.9. The second-order valence-electron chi connectivity index (χ2n) is 3.34. The standard InChI is InChI=1S/C9H9BrFNO2S/c10-8-6-7(11)2-3-9(8)12-4-1-5-15(12,13)14/h2-3,6H,1,4-5H2. The molecule has 0 amide bonds. The van der Waals surface area contributed by atoms with Crippen LogP contribution in [0.25, 0.3) is 0 Å². The molecule has 1 aromatic carbocycles. The van der Waals surface area contributed by atoms with E-state index in [1.807, 2.05) is 0 Å². The minimum atomic E-state index is -3.19. The molecule has 0 spiro atoms. The van der Waals surface area contributed by atoms with Crippen molar-refractivity contribution < 1.29 is 12.8 Å². The van der Waals surface area contributed by atoms with Crippen LogP contribution in [0.2, 0.25) is 0 Å². The SMILES string of the molecule is O=S1(=O)CCCN1c1ccc(F)cc1Br. The lowest BCUT2D eigenvalue weighted by Crippen LogP contribution is -2.25. The quantitative estimate of drug-likeness (QED) is 0.795. The van der Waals surface area contributed by atoms with Crippen molar-refractivity contribution in [2.75, 3.05) is 16.6 Å². The van der Waals surface area contributed by atoms with E-state index in [-0.39, 0.29) is 11.6 Å². The van der Waals surface area contributed by atoms with E-state index in [1.54, 1.807) is 0 Å². The van der Waals surface area contributed by atoms with Crippen molar-refractivity contribution in [1.82, 2.24) is 0 Å². The molecule has 6 heteroatoms. The zero-order valence-electron chi connectivity index (χ0n) is 7.78. The Morgan fingerprint density at radius 3 is 2.67 bits per heavy atom. The predicted octanol–water partition coefficient (Wildman–Crippen LogP) is 2.13. The molecule has 2 rings (SSSR count). The molecule has 1 aromatic rings. The largest absolute Gasteiger partial charge is 0.269 e. The molecule has 15 heavy (non-hydrogen) atoms. The molecule has 0 saturated carbocycles. The molecule has 1 fully saturated rings. The zero-order valence-corrected chi connectivity index (χ0v) is 10.2. The van der Waals surface area contributed by atoms with Crippen molar-refractivity contribution in [3.05, 3.63) is 28.5 Å². The fraction of sp³-hybridized carbons (Fsp3) is 0.333. The summed E-state index contributed by atoms with van der Waals surface area (Å²) in [5.41, 5.74) is 0.508. The lowest BCUT2D eigenvalue weighted by Gasteiger charge is -2.18. The lowest BCUT2D eigenvalue weighted by atomic mass is 10.3. The van der Waals surface area contributed by atoms with Gasteiger partial charge in [-0.3, -0.25) is 4.31 Å². The van der Waals surface area contributed by atoms with E-state index in [1.165, 1.54) is 22.5 Å². The number of sulfonamides is 1. The highest BCUT2D eigenvalue weighted by Crippen LogP contribution is 2.31. The van der Waals surface area contributed by atoms with Gasteiger partial charge in [-0.25, -0.2) is 12.8 Å². The van der Waals surface area contributed by atoms with E-state index in [0.29, 0.717) is 23.1 Å². The maximum absolute atomic E-state index is 12.8. The van der Waals surface area contributed by atoms with Crippen LogP contribution in [0.5, 0.6) is 0 Å². The van der Waals surface area contributed by atoms with E-state index in [0.717, 1.165) is 0 Å². The van der Waals surface area contributed by atoms with Crippen LogP contribution in [0, 0.1) is 5.82 Å². The number of anilines is 1. The molecule has 1 heterocycles. The first kappa shape index (κ1) is 10.9. The zero-order chi connectivity index (χ0) is 11.1. The molecule has 0 atom stereocenters. The molecule has 0 N–H and O–H groups in total. The van der Waals surface area contributed by atoms with Crippen molar-refractivity contribution in [3.8, 4) is 0 Å². The van der Waals surface area contributed by atoms with Gasteiger partial charge in [0.2, 0.25) is 10.0 Å². The van der Waals surface area contributed by atoms with E-state index in [4.69, 9.17) is 0 Å². The van der Waals surface area contributed by atoms with E-state index >= 15 is 0 Å². The summed E-state index contributed by atoms with van der Waals surface area (Å²) in [7, 11) is -3.19. The Labute approximate surface area is 96.1 Å². The Bertz CT molecular complexity index is 489. The van der Waals surface area contributed by atoms with Gasteiger partial charge in [0.1, 0.15) is 5.82 Å². The van der Waals surface area contributed by atoms with Crippen LogP contribution in [-0.4, -0.2) is 20.7 Å². The number of rotatable bonds is 1. The van der Waals surface area contributed by atoms with Gasteiger partial charge in [0.25, 0.3) is 0 Å². The summed E-state index contributed by atoms with van der Waals surface area (Å²) in [6.45, 7) is 0.465. The van der Waals surface area contributed by atoms with Gasteiger partial charge < -0.3 is 0 Å². The number of nitrogens with zero attached hydrogens (tertiary/aromatic N) is 1. The van der Waals surface area contributed by atoms with Crippen LogP contribution < -0.4 is 4.31 Å². The summed E-state index contributed by atoms with van der Waals surface area (Å²) in [4.78, 5) is 0. The summed E-state index contributed by atoms with van der Waals surface area (Å²) in [6.07, 6.45) is 0.617. The molecule has 0 bridgehead atoms. The van der Waals surface area contributed by atoms with Gasteiger partial charge in [-0.1, -0.05) is 0 Å². The smallest absolute Gasteiger partial charge is 0.235 e. The highest BCUT2D eigenvalue weighted by Gasteiger charge is 2.29. The van der Waals surface area contributed by atoms with Crippen LogP contribution in [-0.2, 0) is 10.0 Å². The van der Waals surface area contributed by atoms with Gasteiger partial charge in [-0.15, -0.1) is 0 Å². The fourth-order valence-corrected chi connectivity index (χ4v) is 3.86. The molecule has 3 nitrogen and oxygen atoms in total. The third-order valence-electron chi connectivity index (χ3n) is 2.28. The van der Waals surface area contributed by atoms with E-state index in [2.05, 4.69) is 15.9 Å². The molecule has 1 aliphatic rings. The maximum atomic E-state index is 12.8. The summed E-state index contributed by atoms with van der Waals surface area (Å²) in [6, 6.07) is 4.00. The van der Waals surface area contributed by atoms with Crippen molar-refractivity contribution in [1.29, 1.82) is 0 Å². The third kappa shape index (κ3) is 2.01. The van der Waals surface area contributed by atoms with Gasteiger partial charge in [0.15, 0.2) is 0 Å². The Morgan fingerprint density at radius 2 is 2.13 bits per heavy atom. The minimum Gasteiger partial charge on any atom is -0.269 e. The summed E-state index contributed by atoms with van der Waals surface area (Å²) < 4.78 is 37.8. The molecule has 82 valence electrons. The van der Waals surface area contributed by atoms with Crippen LogP contribution in [0.1, 0.15) is 6.42 Å². The van der Waals surface area contributed by atoms with Gasteiger partial charge in [-0.05, 0) is 40.5 Å². The second kappa shape index (κ2) is 3.75. The van der Waals surface area contributed by atoms with E-state index in [9.17, 15) is 12.8 Å². The van der Waals surface area contributed by atoms with Gasteiger partial charge in [0.05, 0.1) is 11.4 Å². The third-order valence-corrected chi connectivity index (χ3v) is 4.77. The second-order valence-corrected chi connectivity index (χ2v) is 6.20. The summed E-state index contributed by atoms with van der Waals surface area (Å²) in [5.74, 6) is -0.223. The Balaban J connectivity index is 2.46. The number of hydrogen-bond acceptors (Lipinski definition) is 2. The molecule has 1 aliphatic heterocycles. The molecular formula is C9H9BrFNO2S. The first-order valence-electron chi connectivity index (χ1n) is 4.46. The Kier molecular flexibility index (Phi) is 2.72. The van der Waals surface area contributed by atoms with Gasteiger partial charge >= 0.3 is 0 Å². The first-order valence-corrected chi connectivity index (χ1v) is 6.86. The Morgan fingerprint density at radius 1 is 1.40 bits per heavy atom. The molecule has 1 saturated heterocycles.